The van der Waals surface area contributed by atoms with Crippen LogP contribution >= 0.6 is 0 Å². The number of benzene rings is 2. The van der Waals surface area contributed by atoms with Crippen molar-refractivity contribution in [3.63, 3.8) is 0 Å². The number of anilines is 1. The molecule has 9 heteroatoms. The van der Waals surface area contributed by atoms with Gasteiger partial charge in [0.25, 0.3) is 5.56 Å². The molecule has 2 saturated heterocycles. The molecule has 2 N–H and O–H groups in total. The molecule has 2 atom stereocenters. The first-order valence-corrected chi connectivity index (χ1v) is 12.9. The van der Waals surface area contributed by atoms with E-state index in [0.29, 0.717) is 48.8 Å². The summed E-state index contributed by atoms with van der Waals surface area (Å²) < 4.78 is 28.1. The van der Waals surface area contributed by atoms with E-state index < -0.39 is 0 Å². The maximum Gasteiger partial charge on any atom is 0.262 e. The zero-order chi connectivity index (χ0) is 25.8. The summed E-state index contributed by atoms with van der Waals surface area (Å²) in [5.74, 6) is 0.289. The molecule has 2 fully saturated rings. The van der Waals surface area contributed by atoms with E-state index in [-0.39, 0.29) is 29.4 Å². The van der Waals surface area contributed by atoms with E-state index in [1.165, 1.54) is 17.6 Å². The quantitative estimate of drug-likeness (QED) is 0.433. The summed E-state index contributed by atoms with van der Waals surface area (Å²) in [6.07, 6.45) is 4.75. The highest BCUT2D eigenvalue weighted by atomic mass is 19.1. The summed E-state index contributed by atoms with van der Waals surface area (Å²) in [6, 6.07) is 12.4. The zero-order valence-electron chi connectivity index (χ0n) is 21.0. The first-order chi connectivity index (χ1) is 18.0. The van der Waals surface area contributed by atoms with E-state index in [9.17, 15) is 9.59 Å². The molecule has 5 rings (SSSR count). The Morgan fingerprint density at radius 2 is 2.05 bits per heavy atom. The molecule has 2 unspecified atom stereocenters. The SMILES string of the molecule is CC(=O)NCCNC1CCN(c2ccc(-n3ccc4cc(OCC5CCCO5)ccc4c3=O)cc2F)C1. The number of aromatic nitrogens is 1. The molecule has 1 amide bonds. The van der Waals surface area contributed by atoms with E-state index in [1.807, 2.05) is 17.0 Å². The Balaban J connectivity index is 1.26. The van der Waals surface area contributed by atoms with Crippen molar-refractivity contribution in [1.29, 1.82) is 0 Å². The zero-order valence-corrected chi connectivity index (χ0v) is 21.0. The lowest BCUT2D eigenvalue weighted by molar-refractivity contribution is -0.118. The molecule has 0 aliphatic carbocycles. The Morgan fingerprint density at radius 3 is 2.84 bits per heavy atom. The van der Waals surface area contributed by atoms with Gasteiger partial charge in [0.15, 0.2) is 0 Å². The Kier molecular flexibility index (Phi) is 7.71. The molecular weight excluding hydrogens is 475 g/mol. The first-order valence-electron chi connectivity index (χ1n) is 12.9. The van der Waals surface area contributed by atoms with Crippen LogP contribution in [-0.4, -0.2) is 62.0 Å². The third kappa shape index (κ3) is 5.94. The highest BCUT2D eigenvalue weighted by Crippen LogP contribution is 2.26. The number of fused-ring (bicyclic) bond motifs is 1. The molecule has 2 aromatic carbocycles. The van der Waals surface area contributed by atoms with Crippen LogP contribution in [0.3, 0.4) is 0 Å². The van der Waals surface area contributed by atoms with Crippen molar-refractivity contribution in [2.24, 2.45) is 0 Å². The second-order valence-electron chi connectivity index (χ2n) is 9.69. The van der Waals surface area contributed by atoms with Crippen molar-refractivity contribution in [2.75, 3.05) is 44.3 Å². The van der Waals surface area contributed by atoms with Gasteiger partial charge in [-0.15, -0.1) is 0 Å². The standard InChI is InChI=1S/C28H33FN4O4/c1-19(34)30-10-11-31-21-9-12-32(17-21)27-7-4-22(16-26(27)29)33-13-8-20-15-23(5-6-25(20)28(33)35)37-18-24-3-2-14-36-24/h4-8,13,15-16,21,24,31H,2-3,9-12,14,17-18H2,1H3,(H,30,34). The summed E-state index contributed by atoms with van der Waals surface area (Å²) in [5, 5.41) is 7.49. The molecule has 0 bridgehead atoms. The number of carbonyl (C=O) groups is 1. The fourth-order valence-corrected chi connectivity index (χ4v) is 5.05. The number of nitrogens with zero attached hydrogens (tertiary/aromatic N) is 2. The number of hydrogen-bond acceptors (Lipinski definition) is 6. The molecule has 2 aliphatic rings. The average molecular weight is 509 g/mol. The normalized spacial score (nSPS) is 19.5. The van der Waals surface area contributed by atoms with Gasteiger partial charge in [0.2, 0.25) is 5.91 Å². The second-order valence-corrected chi connectivity index (χ2v) is 9.69. The highest BCUT2D eigenvalue weighted by Gasteiger charge is 2.24. The van der Waals surface area contributed by atoms with E-state index in [2.05, 4.69) is 10.6 Å². The van der Waals surface area contributed by atoms with E-state index >= 15 is 4.39 Å². The number of amides is 1. The monoisotopic (exact) mass is 508 g/mol. The van der Waals surface area contributed by atoms with Gasteiger partial charge in [-0.05, 0) is 61.0 Å². The largest absolute Gasteiger partial charge is 0.491 e. The van der Waals surface area contributed by atoms with E-state index in [4.69, 9.17) is 9.47 Å². The number of nitrogens with one attached hydrogen (secondary N) is 2. The molecule has 8 nitrogen and oxygen atoms in total. The summed E-state index contributed by atoms with van der Waals surface area (Å²) in [5.41, 5.74) is 0.799. The third-order valence-electron chi connectivity index (χ3n) is 7.01. The van der Waals surface area contributed by atoms with Crippen LogP contribution in [0.2, 0.25) is 0 Å². The molecule has 37 heavy (non-hydrogen) atoms. The van der Waals surface area contributed by atoms with Crippen LogP contribution < -0.4 is 25.8 Å². The van der Waals surface area contributed by atoms with Gasteiger partial charge in [-0.25, -0.2) is 4.39 Å². The van der Waals surface area contributed by atoms with Crippen LogP contribution in [0.4, 0.5) is 10.1 Å². The fourth-order valence-electron chi connectivity index (χ4n) is 5.05. The van der Waals surface area contributed by atoms with Crippen LogP contribution in [0, 0.1) is 5.82 Å². The summed E-state index contributed by atoms with van der Waals surface area (Å²) >= 11 is 0. The van der Waals surface area contributed by atoms with Gasteiger partial charge in [0, 0.05) is 63.4 Å². The molecule has 0 saturated carbocycles. The highest BCUT2D eigenvalue weighted by molar-refractivity contribution is 5.83. The van der Waals surface area contributed by atoms with Crippen molar-refractivity contribution in [3.8, 4) is 11.4 Å². The minimum Gasteiger partial charge on any atom is -0.491 e. The molecule has 3 heterocycles. The average Bonchev–Trinajstić information content (AvgIpc) is 3.58. The number of hydrogen-bond donors (Lipinski definition) is 2. The van der Waals surface area contributed by atoms with Gasteiger partial charge in [-0.1, -0.05) is 0 Å². The maximum atomic E-state index is 15.2. The fraction of sp³-hybridized carbons (Fsp3) is 0.429. The molecular formula is C28H33FN4O4. The van der Waals surface area contributed by atoms with Crippen molar-refractivity contribution >= 4 is 22.4 Å². The van der Waals surface area contributed by atoms with Gasteiger partial charge >= 0.3 is 0 Å². The Labute approximate surface area is 215 Å². The predicted molar refractivity (Wildman–Crippen MR) is 141 cm³/mol. The van der Waals surface area contributed by atoms with Crippen molar-refractivity contribution in [1.82, 2.24) is 15.2 Å². The van der Waals surface area contributed by atoms with Crippen LogP contribution in [0.25, 0.3) is 16.5 Å². The van der Waals surface area contributed by atoms with Crippen LogP contribution in [-0.2, 0) is 9.53 Å². The van der Waals surface area contributed by atoms with Crippen LogP contribution in [0.5, 0.6) is 5.75 Å². The number of carbonyl (C=O) groups excluding carboxylic acids is 1. The lowest BCUT2D eigenvalue weighted by Gasteiger charge is -2.20. The van der Waals surface area contributed by atoms with Crippen molar-refractivity contribution in [3.05, 3.63) is 64.8 Å². The lowest BCUT2D eigenvalue weighted by atomic mass is 10.1. The Bertz CT molecular complexity index is 1320. The Morgan fingerprint density at radius 1 is 1.16 bits per heavy atom. The van der Waals surface area contributed by atoms with Crippen molar-refractivity contribution < 1.29 is 18.7 Å². The van der Waals surface area contributed by atoms with Gasteiger partial charge < -0.3 is 25.0 Å². The summed E-state index contributed by atoms with van der Waals surface area (Å²) in [4.78, 5) is 26.2. The number of halogens is 1. The van der Waals surface area contributed by atoms with Crippen LogP contribution in [0.15, 0.2) is 53.5 Å². The molecule has 0 radical (unpaired) electrons. The smallest absolute Gasteiger partial charge is 0.262 e. The first kappa shape index (κ1) is 25.2. The molecule has 1 aromatic heterocycles. The number of ether oxygens (including phenoxy) is 2. The Hall–Kier alpha value is -3.43. The second kappa shape index (κ2) is 11.3. The van der Waals surface area contributed by atoms with Gasteiger partial charge in [0.1, 0.15) is 18.2 Å². The van der Waals surface area contributed by atoms with Crippen molar-refractivity contribution in [2.45, 2.75) is 38.3 Å². The topological polar surface area (TPSA) is 84.8 Å². The summed E-state index contributed by atoms with van der Waals surface area (Å²) in [7, 11) is 0. The van der Waals surface area contributed by atoms with Gasteiger partial charge in [-0.3, -0.25) is 14.2 Å². The molecule has 3 aromatic rings. The third-order valence-corrected chi connectivity index (χ3v) is 7.01. The van der Waals surface area contributed by atoms with Gasteiger partial charge in [-0.2, -0.15) is 0 Å². The minimum atomic E-state index is -0.360. The minimum absolute atomic E-state index is 0.0496. The van der Waals surface area contributed by atoms with E-state index in [0.717, 1.165) is 37.8 Å². The molecule has 2 aliphatic heterocycles. The van der Waals surface area contributed by atoms with Crippen LogP contribution in [0.1, 0.15) is 26.2 Å². The maximum absolute atomic E-state index is 15.2. The van der Waals surface area contributed by atoms with Gasteiger partial charge in [0.05, 0.1) is 17.5 Å². The summed E-state index contributed by atoms with van der Waals surface area (Å²) in [6.45, 7) is 5.44. The number of pyridine rings is 1. The molecule has 196 valence electrons. The number of rotatable bonds is 9. The molecule has 0 spiro atoms. The predicted octanol–water partition coefficient (Wildman–Crippen LogP) is 2.99. The lowest BCUT2D eigenvalue weighted by Crippen LogP contribution is -2.38. The van der Waals surface area contributed by atoms with E-state index in [1.54, 1.807) is 30.5 Å².